The van der Waals surface area contributed by atoms with Crippen molar-refractivity contribution in [2.45, 2.75) is 25.2 Å². The van der Waals surface area contributed by atoms with Crippen LogP contribution in [0.3, 0.4) is 0 Å². The van der Waals surface area contributed by atoms with Gasteiger partial charge in [-0.2, -0.15) is 0 Å². The van der Waals surface area contributed by atoms with E-state index in [9.17, 15) is 4.79 Å². The van der Waals surface area contributed by atoms with Crippen LogP contribution >= 0.6 is 0 Å². The van der Waals surface area contributed by atoms with Crippen LogP contribution in [-0.2, 0) is 14.3 Å². The molecule has 5 nitrogen and oxygen atoms in total. The van der Waals surface area contributed by atoms with E-state index in [2.05, 4.69) is 5.32 Å². The minimum absolute atomic E-state index is 0.184. The molecule has 0 radical (unpaired) electrons. The molecule has 2 heterocycles. The fraction of sp³-hybridized carbons (Fsp3) is 0.889. The first-order valence-corrected chi connectivity index (χ1v) is 4.98. The maximum atomic E-state index is 10.6. The van der Waals surface area contributed by atoms with E-state index in [-0.39, 0.29) is 12.9 Å². The van der Waals surface area contributed by atoms with Gasteiger partial charge in [0.05, 0.1) is 6.61 Å². The Kier molecular flexibility index (Phi) is 3.00. The molecular formula is C9H15NO4. The highest BCUT2D eigenvalue weighted by molar-refractivity contribution is 5.72. The first kappa shape index (κ1) is 9.89. The van der Waals surface area contributed by atoms with E-state index in [4.69, 9.17) is 14.6 Å². The molecule has 5 heteroatoms. The zero-order chi connectivity index (χ0) is 9.97. The Morgan fingerprint density at radius 2 is 2.07 bits per heavy atom. The van der Waals surface area contributed by atoms with Crippen LogP contribution in [0.5, 0.6) is 0 Å². The molecule has 2 aliphatic heterocycles. The van der Waals surface area contributed by atoms with E-state index in [0.29, 0.717) is 5.92 Å². The summed E-state index contributed by atoms with van der Waals surface area (Å²) in [7, 11) is 0. The van der Waals surface area contributed by atoms with Gasteiger partial charge in [-0.3, -0.25) is 0 Å². The zero-order valence-electron chi connectivity index (χ0n) is 7.94. The highest BCUT2D eigenvalue weighted by Gasteiger charge is 2.36. The van der Waals surface area contributed by atoms with Gasteiger partial charge in [-0.05, 0) is 25.9 Å². The molecule has 0 amide bonds. The summed E-state index contributed by atoms with van der Waals surface area (Å²) in [5.41, 5.74) is 0. The molecule has 0 bridgehead atoms. The maximum absolute atomic E-state index is 10.6. The Balaban J connectivity index is 1.85. The number of rotatable bonds is 2. The van der Waals surface area contributed by atoms with Crippen molar-refractivity contribution < 1.29 is 19.4 Å². The highest BCUT2D eigenvalue weighted by atomic mass is 16.7. The second-order valence-corrected chi connectivity index (χ2v) is 3.75. The van der Waals surface area contributed by atoms with Gasteiger partial charge in [0.25, 0.3) is 0 Å². The molecule has 0 aromatic heterocycles. The molecule has 2 saturated heterocycles. The minimum atomic E-state index is -0.929. The van der Waals surface area contributed by atoms with E-state index in [1.807, 2.05) is 0 Å². The molecule has 0 spiro atoms. The fourth-order valence-corrected chi connectivity index (χ4v) is 1.92. The summed E-state index contributed by atoms with van der Waals surface area (Å²) < 4.78 is 10.6. The summed E-state index contributed by atoms with van der Waals surface area (Å²) in [5, 5.41) is 12.0. The van der Waals surface area contributed by atoms with Gasteiger partial charge in [0, 0.05) is 5.92 Å². The maximum Gasteiger partial charge on any atom is 0.335 e. The number of hydrogen-bond acceptors (Lipinski definition) is 4. The Labute approximate surface area is 82.4 Å². The molecule has 2 fully saturated rings. The first-order chi connectivity index (χ1) is 6.77. The Morgan fingerprint density at radius 3 is 2.64 bits per heavy atom. The van der Waals surface area contributed by atoms with E-state index in [0.717, 1.165) is 25.9 Å². The van der Waals surface area contributed by atoms with Crippen LogP contribution in [-0.4, -0.2) is 43.2 Å². The van der Waals surface area contributed by atoms with Crippen LogP contribution in [0, 0.1) is 5.92 Å². The lowest BCUT2D eigenvalue weighted by Gasteiger charge is -2.26. The normalized spacial score (nSPS) is 34.6. The van der Waals surface area contributed by atoms with Crippen molar-refractivity contribution in [1.82, 2.24) is 5.32 Å². The molecule has 2 N–H and O–H groups in total. The topological polar surface area (TPSA) is 67.8 Å². The summed E-state index contributed by atoms with van der Waals surface area (Å²) in [5.74, 6) is -0.581. The average molecular weight is 201 g/mol. The minimum Gasteiger partial charge on any atom is -0.479 e. The van der Waals surface area contributed by atoms with Gasteiger partial charge in [-0.1, -0.05) is 0 Å². The third kappa shape index (κ3) is 2.05. The van der Waals surface area contributed by atoms with Crippen LogP contribution in [0.15, 0.2) is 0 Å². The number of ether oxygens (including phenoxy) is 2. The van der Waals surface area contributed by atoms with Crippen LogP contribution in [0.25, 0.3) is 0 Å². The summed E-state index contributed by atoms with van der Waals surface area (Å²) in [6.07, 6.45) is 0.918. The van der Waals surface area contributed by atoms with Gasteiger partial charge >= 0.3 is 5.97 Å². The summed E-state index contributed by atoms with van der Waals surface area (Å²) in [4.78, 5) is 10.6. The molecule has 2 rings (SSSR count). The van der Waals surface area contributed by atoms with E-state index in [1.165, 1.54) is 0 Å². The molecule has 2 unspecified atom stereocenters. The van der Waals surface area contributed by atoms with Crippen molar-refractivity contribution in [3.8, 4) is 0 Å². The second-order valence-electron chi connectivity index (χ2n) is 3.75. The van der Waals surface area contributed by atoms with E-state index < -0.39 is 12.1 Å². The Morgan fingerprint density at radius 1 is 1.36 bits per heavy atom. The van der Waals surface area contributed by atoms with Crippen LogP contribution in [0.4, 0.5) is 0 Å². The Hall–Kier alpha value is -0.650. The van der Waals surface area contributed by atoms with Gasteiger partial charge in [0.1, 0.15) is 0 Å². The van der Waals surface area contributed by atoms with Crippen molar-refractivity contribution in [3.63, 3.8) is 0 Å². The number of carboxylic acid groups (broad SMARTS) is 1. The van der Waals surface area contributed by atoms with Gasteiger partial charge in [0.15, 0.2) is 12.4 Å². The predicted octanol–water partition coefficient (Wildman–Crippen LogP) is -0.188. The standard InChI is InChI=1S/C9H15NO4/c11-8(12)7-5-13-9(14-7)6-1-3-10-4-2-6/h6-7,9-10H,1-5H2,(H,11,12). The van der Waals surface area contributed by atoms with E-state index in [1.54, 1.807) is 0 Å². The van der Waals surface area contributed by atoms with Gasteiger partial charge < -0.3 is 19.9 Å². The molecule has 0 saturated carbocycles. The molecule has 0 aromatic carbocycles. The van der Waals surface area contributed by atoms with Crippen molar-refractivity contribution in [1.29, 1.82) is 0 Å². The number of aliphatic carboxylic acids is 1. The average Bonchev–Trinajstić information content (AvgIpc) is 2.68. The Bertz CT molecular complexity index is 215. The van der Waals surface area contributed by atoms with Gasteiger partial charge in [-0.25, -0.2) is 4.79 Å². The van der Waals surface area contributed by atoms with Gasteiger partial charge in [0.2, 0.25) is 0 Å². The zero-order valence-corrected chi connectivity index (χ0v) is 7.94. The summed E-state index contributed by atoms with van der Waals surface area (Å²) in [6, 6.07) is 0. The van der Waals surface area contributed by atoms with E-state index >= 15 is 0 Å². The SMILES string of the molecule is O=C(O)C1COC(C2CCNCC2)O1. The van der Waals surface area contributed by atoms with Crippen molar-refractivity contribution in [3.05, 3.63) is 0 Å². The first-order valence-electron chi connectivity index (χ1n) is 4.98. The quantitative estimate of drug-likeness (QED) is 0.648. The van der Waals surface area contributed by atoms with Crippen molar-refractivity contribution in [2.75, 3.05) is 19.7 Å². The summed E-state index contributed by atoms with van der Waals surface area (Å²) in [6.45, 7) is 2.11. The number of nitrogens with one attached hydrogen (secondary N) is 1. The molecular weight excluding hydrogens is 186 g/mol. The largest absolute Gasteiger partial charge is 0.479 e. The third-order valence-electron chi connectivity index (χ3n) is 2.75. The molecule has 0 aromatic rings. The fourth-order valence-electron chi connectivity index (χ4n) is 1.92. The smallest absolute Gasteiger partial charge is 0.335 e. The molecule has 14 heavy (non-hydrogen) atoms. The van der Waals surface area contributed by atoms with Crippen LogP contribution in [0.2, 0.25) is 0 Å². The van der Waals surface area contributed by atoms with Crippen molar-refractivity contribution >= 4 is 5.97 Å². The predicted molar refractivity (Wildman–Crippen MR) is 47.8 cm³/mol. The lowest BCUT2D eigenvalue weighted by atomic mass is 9.98. The van der Waals surface area contributed by atoms with Gasteiger partial charge in [-0.15, -0.1) is 0 Å². The summed E-state index contributed by atoms with van der Waals surface area (Å²) >= 11 is 0. The molecule has 80 valence electrons. The van der Waals surface area contributed by atoms with Crippen LogP contribution < -0.4 is 5.32 Å². The molecule has 2 aliphatic rings. The van der Waals surface area contributed by atoms with Crippen molar-refractivity contribution in [2.24, 2.45) is 5.92 Å². The number of carbonyl (C=O) groups is 1. The lowest BCUT2D eigenvalue weighted by molar-refractivity contribution is -0.154. The number of carboxylic acids is 1. The number of piperidine rings is 1. The third-order valence-corrected chi connectivity index (χ3v) is 2.75. The lowest BCUT2D eigenvalue weighted by Crippen LogP contribution is -2.35. The second kappa shape index (κ2) is 4.25. The molecule has 2 atom stereocenters. The highest BCUT2D eigenvalue weighted by Crippen LogP contribution is 2.25. The van der Waals surface area contributed by atoms with Crippen LogP contribution in [0.1, 0.15) is 12.8 Å². The monoisotopic (exact) mass is 201 g/mol. The molecule has 0 aliphatic carbocycles. The number of hydrogen-bond donors (Lipinski definition) is 2.